The van der Waals surface area contributed by atoms with Crippen molar-refractivity contribution in [2.75, 3.05) is 26.2 Å². The molecule has 0 atom stereocenters. The van der Waals surface area contributed by atoms with Crippen molar-refractivity contribution in [2.24, 2.45) is 0 Å². The molecule has 0 aromatic rings. The smallest absolute Gasteiger partial charge is 0.320 e. The second-order valence-corrected chi connectivity index (χ2v) is 4.94. The largest absolute Gasteiger partial charge is 0.352 e. The maximum absolute atomic E-state index is 12.2. The highest BCUT2D eigenvalue weighted by molar-refractivity contribution is 5.91. The van der Waals surface area contributed by atoms with Crippen molar-refractivity contribution in [3.05, 3.63) is 0 Å². The molecule has 90 valence electrons. The van der Waals surface area contributed by atoms with Crippen LogP contribution in [0, 0.1) is 0 Å². The van der Waals surface area contributed by atoms with Crippen LogP contribution in [0.3, 0.4) is 0 Å². The van der Waals surface area contributed by atoms with Crippen molar-refractivity contribution in [3.63, 3.8) is 0 Å². The summed E-state index contributed by atoms with van der Waals surface area (Å²) in [7, 11) is 0. The van der Waals surface area contributed by atoms with E-state index in [2.05, 4.69) is 5.32 Å². The first kappa shape index (κ1) is 11.2. The Labute approximate surface area is 95.8 Å². The number of likely N-dealkylation sites (tertiary alicyclic amines) is 1. The van der Waals surface area contributed by atoms with Gasteiger partial charge in [0.25, 0.3) is 0 Å². The molecule has 0 spiro atoms. The molecule has 3 amide bonds. The van der Waals surface area contributed by atoms with Crippen LogP contribution in [0.15, 0.2) is 0 Å². The SMILES string of the molecule is CC1(C)C(=O)NCCN1C(=O)N1CCCC1. The fourth-order valence-electron chi connectivity index (χ4n) is 2.31. The Bertz CT molecular complexity index is 308. The van der Waals surface area contributed by atoms with Crippen molar-refractivity contribution in [1.82, 2.24) is 15.1 Å². The Morgan fingerprint density at radius 2 is 1.88 bits per heavy atom. The number of carbonyl (C=O) groups is 2. The third-order valence-electron chi connectivity index (χ3n) is 3.46. The van der Waals surface area contributed by atoms with E-state index in [1.54, 1.807) is 18.7 Å². The van der Waals surface area contributed by atoms with Crippen LogP contribution in [-0.2, 0) is 4.79 Å². The summed E-state index contributed by atoms with van der Waals surface area (Å²) in [5.74, 6) is -0.0636. The van der Waals surface area contributed by atoms with Gasteiger partial charge < -0.3 is 15.1 Å². The molecule has 0 unspecified atom stereocenters. The Morgan fingerprint density at radius 3 is 2.50 bits per heavy atom. The van der Waals surface area contributed by atoms with Gasteiger partial charge in [0.2, 0.25) is 5.91 Å². The number of hydrogen-bond donors (Lipinski definition) is 1. The molecule has 1 N–H and O–H groups in total. The molecule has 2 aliphatic heterocycles. The molecule has 0 saturated carbocycles. The third-order valence-corrected chi connectivity index (χ3v) is 3.46. The van der Waals surface area contributed by atoms with E-state index >= 15 is 0 Å². The quantitative estimate of drug-likeness (QED) is 0.649. The van der Waals surface area contributed by atoms with E-state index in [1.165, 1.54) is 0 Å². The molecule has 16 heavy (non-hydrogen) atoms. The van der Waals surface area contributed by atoms with Gasteiger partial charge in [0.15, 0.2) is 0 Å². The van der Waals surface area contributed by atoms with Gasteiger partial charge in [-0.3, -0.25) is 4.79 Å². The monoisotopic (exact) mass is 225 g/mol. The number of carbonyl (C=O) groups excluding carboxylic acids is 2. The van der Waals surface area contributed by atoms with E-state index in [-0.39, 0.29) is 11.9 Å². The molecule has 0 aliphatic carbocycles. The summed E-state index contributed by atoms with van der Waals surface area (Å²) in [6.07, 6.45) is 2.15. The van der Waals surface area contributed by atoms with E-state index in [9.17, 15) is 9.59 Å². The first-order chi connectivity index (χ1) is 7.53. The summed E-state index contributed by atoms with van der Waals surface area (Å²) in [6, 6.07) is 0.0114. The average Bonchev–Trinajstić information content (AvgIpc) is 2.74. The summed E-state index contributed by atoms with van der Waals surface area (Å²) in [6.45, 7) is 6.42. The Hall–Kier alpha value is -1.26. The highest BCUT2D eigenvalue weighted by Crippen LogP contribution is 2.21. The highest BCUT2D eigenvalue weighted by Gasteiger charge is 2.42. The molecule has 0 aromatic carbocycles. The maximum Gasteiger partial charge on any atom is 0.320 e. The number of nitrogens with one attached hydrogen (secondary N) is 1. The van der Waals surface area contributed by atoms with Gasteiger partial charge in [0.05, 0.1) is 0 Å². The van der Waals surface area contributed by atoms with Gasteiger partial charge in [-0.15, -0.1) is 0 Å². The standard InChI is InChI=1S/C11H19N3O2/c1-11(2)9(15)12-5-8-14(11)10(16)13-6-3-4-7-13/h3-8H2,1-2H3,(H,12,15). The second kappa shape index (κ2) is 3.96. The maximum atomic E-state index is 12.2. The molecular formula is C11H19N3O2. The minimum absolute atomic E-state index is 0.0114. The van der Waals surface area contributed by atoms with Gasteiger partial charge in [0.1, 0.15) is 5.54 Å². The predicted molar refractivity (Wildman–Crippen MR) is 60.0 cm³/mol. The normalized spacial score (nSPS) is 24.5. The van der Waals surface area contributed by atoms with E-state index in [0.717, 1.165) is 25.9 Å². The third kappa shape index (κ3) is 1.74. The Kier molecular flexibility index (Phi) is 2.78. The lowest BCUT2D eigenvalue weighted by atomic mass is 9.99. The summed E-state index contributed by atoms with van der Waals surface area (Å²) < 4.78 is 0. The van der Waals surface area contributed by atoms with Gasteiger partial charge in [-0.1, -0.05) is 0 Å². The van der Waals surface area contributed by atoms with Gasteiger partial charge in [-0.05, 0) is 26.7 Å². The Morgan fingerprint density at radius 1 is 1.25 bits per heavy atom. The van der Waals surface area contributed by atoms with Crippen LogP contribution in [0.25, 0.3) is 0 Å². The van der Waals surface area contributed by atoms with Crippen LogP contribution in [-0.4, -0.2) is 53.5 Å². The number of urea groups is 1. The van der Waals surface area contributed by atoms with Crippen LogP contribution < -0.4 is 5.32 Å². The fraction of sp³-hybridized carbons (Fsp3) is 0.818. The molecule has 2 fully saturated rings. The number of nitrogens with zero attached hydrogens (tertiary/aromatic N) is 2. The zero-order valence-corrected chi connectivity index (χ0v) is 9.95. The van der Waals surface area contributed by atoms with Crippen molar-refractivity contribution in [2.45, 2.75) is 32.2 Å². The molecule has 2 rings (SSSR count). The van der Waals surface area contributed by atoms with E-state index in [4.69, 9.17) is 0 Å². The summed E-state index contributed by atoms with van der Waals surface area (Å²) >= 11 is 0. The first-order valence-corrected chi connectivity index (χ1v) is 5.88. The lowest BCUT2D eigenvalue weighted by molar-refractivity contribution is -0.133. The highest BCUT2D eigenvalue weighted by atomic mass is 16.2. The molecule has 2 heterocycles. The van der Waals surface area contributed by atoms with Gasteiger partial charge >= 0.3 is 6.03 Å². The van der Waals surface area contributed by atoms with Crippen molar-refractivity contribution < 1.29 is 9.59 Å². The zero-order valence-electron chi connectivity index (χ0n) is 9.95. The lowest BCUT2D eigenvalue weighted by Crippen LogP contribution is -2.65. The minimum Gasteiger partial charge on any atom is -0.352 e. The number of piperazine rings is 1. The van der Waals surface area contributed by atoms with E-state index in [0.29, 0.717) is 13.1 Å². The topological polar surface area (TPSA) is 52.7 Å². The first-order valence-electron chi connectivity index (χ1n) is 5.88. The van der Waals surface area contributed by atoms with Crippen molar-refractivity contribution in [1.29, 1.82) is 0 Å². The Balaban J connectivity index is 2.12. The van der Waals surface area contributed by atoms with E-state index < -0.39 is 5.54 Å². The number of rotatable bonds is 0. The zero-order chi connectivity index (χ0) is 11.8. The van der Waals surface area contributed by atoms with Gasteiger partial charge in [-0.2, -0.15) is 0 Å². The summed E-state index contributed by atoms with van der Waals surface area (Å²) in [4.78, 5) is 27.5. The lowest BCUT2D eigenvalue weighted by Gasteiger charge is -2.42. The summed E-state index contributed by atoms with van der Waals surface area (Å²) in [5.41, 5.74) is -0.724. The van der Waals surface area contributed by atoms with Gasteiger partial charge in [0, 0.05) is 26.2 Å². The minimum atomic E-state index is -0.724. The van der Waals surface area contributed by atoms with Crippen LogP contribution in [0.5, 0.6) is 0 Å². The summed E-state index contributed by atoms with van der Waals surface area (Å²) in [5, 5.41) is 2.80. The number of hydrogen-bond acceptors (Lipinski definition) is 2. The average molecular weight is 225 g/mol. The van der Waals surface area contributed by atoms with Crippen LogP contribution in [0.2, 0.25) is 0 Å². The molecule has 5 nitrogen and oxygen atoms in total. The van der Waals surface area contributed by atoms with Gasteiger partial charge in [-0.25, -0.2) is 4.79 Å². The van der Waals surface area contributed by atoms with Crippen molar-refractivity contribution in [3.8, 4) is 0 Å². The van der Waals surface area contributed by atoms with Crippen LogP contribution in [0.1, 0.15) is 26.7 Å². The van der Waals surface area contributed by atoms with Crippen molar-refractivity contribution >= 4 is 11.9 Å². The van der Waals surface area contributed by atoms with E-state index in [1.807, 2.05) is 4.90 Å². The molecule has 0 radical (unpaired) electrons. The van der Waals surface area contributed by atoms with Crippen LogP contribution in [0.4, 0.5) is 4.79 Å². The molecule has 2 saturated heterocycles. The predicted octanol–water partition coefficient (Wildman–Crippen LogP) is 0.413. The second-order valence-electron chi connectivity index (χ2n) is 4.94. The molecule has 0 aromatic heterocycles. The molecule has 2 aliphatic rings. The van der Waals surface area contributed by atoms with Crippen LogP contribution >= 0.6 is 0 Å². The number of amides is 3. The molecular weight excluding hydrogens is 206 g/mol. The molecule has 0 bridgehead atoms. The molecule has 5 heteroatoms. The fourth-order valence-corrected chi connectivity index (χ4v) is 2.31.